The lowest BCUT2D eigenvalue weighted by molar-refractivity contribution is -0.162. The van der Waals surface area contributed by atoms with Crippen molar-refractivity contribution in [2.75, 3.05) is 6.61 Å². The van der Waals surface area contributed by atoms with Gasteiger partial charge in [0.05, 0.1) is 17.5 Å². The van der Waals surface area contributed by atoms with E-state index in [0.29, 0.717) is 22.2 Å². The Morgan fingerprint density at radius 3 is 2.89 bits per heavy atom. The summed E-state index contributed by atoms with van der Waals surface area (Å²) >= 11 is 11.7. The Hall–Kier alpha value is -0.970. The molecule has 0 amide bonds. The maximum Gasteiger partial charge on any atom is 0.308 e. The Labute approximate surface area is 114 Å². The van der Waals surface area contributed by atoms with Gasteiger partial charge in [0, 0.05) is 11.4 Å². The van der Waals surface area contributed by atoms with Crippen molar-refractivity contribution in [2.45, 2.75) is 25.0 Å². The Morgan fingerprint density at radius 2 is 2.22 bits per heavy atom. The summed E-state index contributed by atoms with van der Waals surface area (Å²) in [5, 5.41) is 10.4. The van der Waals surface area contributed by atoms with Gasteiger partial charge in [-0.3, -0.25) is 4.79 Å². The van der Waals surface area contributed by atoms with Crippen LogP contribution in [-0.2, 0) is 9.53 Å². The second-order valence-corrected chi connectivity index (χ2v) is 4.93. The number of esters is 1. The molecule has 0 aliphatic carbocycles. The minimum absolute atomic E-state index is 0.0399. The van der Waals surface area contributed by atoms with E-state index in [-0.39, 0.29) is 13.0 Å². The van der Waals surface area contributed by atoms with Crippen molar-refractivity contribution in [2.24, 2.45) is 0 Å². The molecular formula is C12H12Cl2O4. The van der Waals surface area contributed by atoms with Crippen LogP contribution in [0.1, 0.15) is 12.8 Å². The Balaban J connectivity index is 1.93. The molecule has 0 radical (unpaired) electrons. The average Bonchev–Trinajstić information content (AvgIpc) is 2.26. The van der Waals surface area contributed by atoms with Crippen LogP contribution in [-0.4, -0.2) is 29.9 Å². The molecule has 1 fully saturated rings. The van der Waals surface area contributed by atoms with Crippen LogP contribution < -0.4 is 4.74 Å². The molecule has 1 aliphatic heterocycles. The Kier molecular flexibility index (Phi) is 4.32. The van der Waals surface area contributed by atoms with Crippen molar-refractivity contribution in [3.63, 3.8) is 0 Å². The number of rotatable bonds is 3. The molecule has 0 unspecified atom stereocenters. The zero-order valence-electron chi connectivity index (χ0n) is 9.44. The minimum atomic E-state index is -0.666. The van der Waals surface area contributed by atoms with E-state index in [9.17, 15) is 9.90 Å². The molecule has 1 aromatic rings. The molecule has 0 bridgehead atoms. The zero-order valence-corrected chi connectivity index (χ0v) is 10.9. The third-order valence-electron chi connectivity index (χ3n) is 2.55. The minimum Gasteiger partial charge on any atom is -0.488 e. The highest BCUT2D eigenvalue weighted by Crippen LogP contribution is 2.28. The Bertz CT molecular complexity index is 450. The lowest BCUT2D eigenvalue weighted by Gasteiger charge is -2.25. The maximum atomic E-state index is 11.1. The fourth-order valence-electron chi connectivity index (χ4n) is 1.74. The summed E-state index contributed by atoms with van der Waals surface area (Å²) in [5.41, 5.74) is 0. The van der Waals surface area contributed by atoms with Gasteiger partial charge in [0.25, 0.3) is 0 Å². The standard InChI is InChI=1S/C12H12Cl2O4/c13-7-1-2-11(10(14)3-7)17-6-9-4-8(15)5-12(16)18-9/h1-3,8-9,15H,4-6H2/t8-,9+/m1/s1. The van der Waals surface area contributed by atoms with Crippen LogP contribution in [0.25, 0.3) is 0 Å². The molecule has 1 saturated heterocycles. The SMILES string of the molecule is O=C1C[C@H](O)C[C@@H](COc2ccc(Cl)cc2Cl)O1. The fraction of sp³-hybridized carbons (Fsp3) is 0.417. The van der Waals surface area contributed by atoms with Crippen molar-refractivity contribution in [3.05, 3.63) is 28.2 Å². The molecule has 0 saturated carbocycles. The summed E-state index contributed by atoms with van der Waals surface area (Å²) in [6.45, 7) is 0.157. The number of aliphatic hydroxyl groups excluding tert-OH is 1. The van der Waals surface area contributed by atoms with Gasteiger partial charge >= 0.3 is 5.97 Å². The zero-order chi connectivity index (χ0) is 13.1. The summed E-state index contributed by atoms with van der Waals surface area (Å²) < 4.78 is 10.5. The first-order valence-electron chi connectivity index (χ1n) is 5.50. The van der Waals surface area contributed by atoms with Gasteiger partial charge in [0.2, 0.25) is 0 Å². The van der Waals surface area contributed by atoms with Gasteiger partial charge in [0.15, 0.2) is 0 Å². The monoisotopic (exact) mass is 290 g/mol. The van der Waals surface area contributed by atoms with E-state index < -0.39 is 18.2 Å². The Morgan fingerprint density at radius 1 is 1.44 bits per heavy atom. The third-order valence-corrected chi connectivity index (χ3v) is 3.08. The number of aliphatic hydroxyl groups is 1. The molecule has 1 heterocycles. The lowest BCUT2D eigenvalue weighted by atomic mass is 10.1. The average molecular weight is 291 g/mol. The first-order chi connectivity index (χ1) is 8.54. The topological polar surface area (TPSA) is 55.8 Å². The molecule has 0 aromatic heterocycles. The van der Waals surface area contributed by atoms with Gasteiger partial charge in [-0.15, -0.1) is 0 Å². The van der Waals surface area contributed by atoms with Crippen LogP contribution in [0, 0.1) is 0 Å². The maximum absolute atomic E-state index is 11.1. The van der Waals surface area contributed by atoms with Crippen LogP contribution in [0.2, 0.25) is 10.0 Å². The number of carbonyl (C=O) groups is 1. The van der Waals surface area contributed by atoms with E-state index in [4.69, 9.17) is 32.7 Å². The number of hydrogen-bond acceptors (Lipinski definition) is 4. The van der Waals surface area contributed by atoms with Crippen LogP contribution in [0.3, 0.4) is 0 Å². The predicted octanol–water partition coefficient (Wildman–Crippen LogP) is 2.44. The molecule has 1 aromatic carbocycles. The van der Waals surface area contributed by atoms with Crippen molar-refractivity contribution in [3.8, 4) is 5.75 Å². The molecule has 2 rings (SSSR count). The van der Waals surface area contributed by atoms with Gasteiger partial charge in [0.1, 0.15) is 18.5 Å². The van der Waals surface area contributed by atoms with E-state index in [1.807, 2.05) is 0 Å². The van der Waals surface area contributed by atoms with Crippen molar-refractivity contribution in [1.29, 1.82) is 0 Å². The second-order valence-electron chi connectivity index (χ2n) is 4.09. The van der Waals surface area contributed by atoms with E-state index in [1.54, 1.807) is 18.2 Å². The highest BCUT2D eigenvalue weighted by Gasteiger charge is 2.27. The van der Waals surface area contributed by atoms with Gasteiger partial charge in [-0.2, -0.15) is 0 Å². The molecule has 6 heteroatoms. The summed E-state index contributed by atoms with van der Waals surface area (Å²) in [4.78, 5) is 11.1. The number of cyclic esters (lactones) is 1. The molecule has 1 N–H and O–H groups in total. The molecule has 18 heavy (non-hydrogen) atoms. The molecule has 98 valence electrons. The highest BCUT2D eigenvalue weighted by molar-refractivity contribution is 6.35. The van der Waals surface area contributed by atoms with Crippen LogP contribution in [0.4, 0.5) is 0 Å². The summed E-state index contributed by atoms with van der Waals surface area (Å²) in [7, 11) is 0. The van der Waals surface area contributed by atoms with E-state index in [0.717, 1.165) is 0 Å². The van der Waals surface area contributed by atoms with E-state index >= 15 is 0 Å². The number of halogens is 2. The predicted molar refractivity (Wildman–Crippen MR) is 67.1 cm³/mol. The molecule has 4 nitrogen and oxygen atoms in total. The van der Waals surface area contributed by atoms with E-state index in [2.05, 4.69) is 0 Å². The first-order valence-corrected chi connectivity index (χ1v) is 6.25. The molecular weight excluding hydrogens is 279 g/mol. The molecule has 0 spiro atoms. The quantitative estimate of drug-likeness (QED) is 0.869. The van der Waals surface area contributed by atoms with E-state index in [1.165, 1.54) is 0 Å². The largest absolute Gasteiger partial charge is 0.488 e. The van der Waals surface area contributed by atoms with Gasteiger partial charge in [-0.1, -0.05) is 23.2 Å². The summed E-state index contributed by atoms with van der Waals surface area (Å²) in [6, 6.07) is 4.87. The third kappa shape index (κ3) is 3.51. The summed E-state index contributed by atoms with van der Waals surface area (Å²) in [5.74, 6) is 0.0572. The van der Waals surface area contributed by atoms with Crippen molar-refractivity contribution in [1.82, 2.24) is 0 Å². The smallest absolute Gasteiger partial charge is 0.308 e. The van der Waals surface area contributed by atoms with Gasteiger partial charge < -0.3 is 14.6 Å². The van der Waals surface area contributed by atoms with Gasteiger partial charge in [-0.25, -0.2) is 0 Å². The highest BCUT2D eigenvalue weighted by atomic mass is 35.5. The number of ether oxygens (including phenoxy) is 2. The number of carbonyl (C=O) groups excluding carboxylic acids is 1. The van der Waals surface area contributed by atoms with Crippen LogP contribution in [0.5, 0.6) is 5.75 Å². The summed E-state index contributed by atoms with van der Waals surface area (Å²) in [6.07, 6.45) is -0.705. The van der Waals surface area contributed by atoms with Crippen molar-refractivity contribution >= 4 is 29.2 Å². The lowest BCUT2D eigenvalue weighted by Crippen LogP contribution is -2.36. The van der Waals surface area contributed by atoms with Crippen LogP contribution in [0.15, 0.2) is 18.2 Å². The second kappa shape index (κ2) is 5.78. The molecule has 1 aliphatic rings. The number of hydrogen-bond donors (Lipinski definition) is 1. The number of benzene rings is 1. The van der Waals surface area contributed by atoms with Crippen LogP contribution >= 0.6 is 23.2 Å². The van der Waals surface area contributed by atoms with Gasteiger partial charge in [-0.05, 0) is 18.2 Å². The van der Waals surface area contributed by atoms with Crippen molar-refractivity contribution < 1.29 is 19.4 Å². The first kappa shape index (κ1) is 13.5. The normalized spacial score (nSPS) is 23.6. The fourth-order valence-corrected chi connectivity index (χ4v) is 2.20. The molecule has 2 atom stereocenters.